The summed E-state index contributed by atoms with van der Waals surface area (Å²) in [7, 11) is -9.82. The Morgan fingerprint density at radius 3 is 0.718 bits per heavy atom. The zero-order valence-electron chi connectivity index (χ0n) is 73.8. The maximum absolute atomic E-state index is 13.1. The van der Waals surface area contributed by atoms with Gasteiger partial charge in [0.2, 0.25) is 0 Å². The van der Waals surface area contributed by atoms with Crippen LogP contribution >= 0.6 is 15.6 Å². The van der Waals surface area contributed by atoms with E-state index in [1.54, 1.807) is 0 Å². The van der Waals surface area contributed by atoms with Crippen LogP contribution in [0, 0.1) is 0 Å². The summed E-state index contributed by atoms with van der Waals surface area (Å²) in [4.78, 5) is 59.0. The largest absolute Gasteiger partial charge is 0.472 e. The predicted octanol–water partition coefficient (Wildman–Crippen LogP) is 28.7. The third kappa shape index (κ3) is 91.5. The molecule has 117 heavy (non-hydrogen) atoms. The highest BCUT2D eigenvalue weighted by molar-refractivity contribution is 7.47. The lowest BCUT2D eigenvalue weighted by Crippen LogP contribution is -2.30. The Morgan fingerprint density at radius 2 is 0.453 bits per heavy atom. The van der Waals surface area contributed by atoms with Crippen LogP contribution in [0.2, 0.25) is 0 Å². The van der Waals surface area contributed by atoms with Crippen LogP contribution in [0.4, 0.5) is 0 Å². The minimum absolute atomic E-state index is 0.0884. The van der Waals surface area contributed by atoms with Crippen molar-refractivity contribution in [1.29, 1.82) is 0 Å². The van der Waals surface area contributed by atoms with Gasteiger partial charge < -0.3 is 34.2 Å². The van der Waals surface area contributed by atoms with Gasteiger partial charge in [-0.1, -0.05) is 371 Å². The maximum Gasteiger partial charge on any atom is 0.472 e. The van der Waals surface area contributed by atoms with E-state index in [4.69, 9.17) is 32.3 Å². The lowest BCUT2D eigenvalue weighted by Gasteiger charge is -2.21. The van der Waals surface area contributed by atoms with E-state index in [1.807, 2.05) is 0 Å². The summed E-state index contributed by atoms with van der Waals surface area (Å²) in [5, 5.41) is 20.7. The molecule has 0 aromatic rings. The van der Waals surface area contributed by atoms with Crippen molar-refractivity contribution in [3.05, 3.63) is 170 Å². The lowest BCUT2D eigenvalue weighted by atomic mass is 10.0. The Morgan fingerprint density at radius 1 is 0.248 bits per heavy atom. The summed E-state index contributed by atoms with van der Waals surface area (Å²) in [6, 6.07) is 0. The molecule has 0 saturated carbocycles. The first-order valence-electron chi connectivity index (χ1n) is 46.4. The Kier molecular flexibility index (Phi) is 86.2. The fraction of sp³-hybridized carbons (Fsp3) is 0.687. The second-order valence-corrected chi connectivity index (χ2v) is 33.6. The van der Waals surface area contributed by atoms with Crippen LogP contribution in [0.5, 0.6) is 0 Å². The standard InChI is InChI=1S/C99H168O16P2/c1-4-7-10-13-16-19-22-25-28-31-34-37-40-43-44-45-46-47-48-51-53-55-58-61-64-67-70-73-76-79-82-85-97(102)109-88-94(100)89-111-116(105,106)112-90-95(101)91-113-117(107,108)114-93-96(115-99(104)87-84-81-78-75-72-69-66-63-60-57-54-50-42-39-36-33-30-27-24-21-18-15-12-9-6-3)92-110-98(103)86-83-80-77-74-71-68-65-62-59-56-52-49-41-38-35-32-29-26-23-20-17-14-11-8-5-2/h8,11,16-21,25-30,34-39,43-44,49-50,52,54,59,62,94-96,100-101H,4-7,9-10,12-15,22-24,31-33,40-42,45-48,51,53,55-58,60-61,63-93H2,1-3H3,(H,105,106)(H,107,108)/b11-8-,19-16-,20-17-,21-18-,28-25-,29-26-,30-27-,37-34-,38-35-,39-36-,44-43-,52-49-,54-50-,62-59-. The monoisotopic (exact) mass is 1680 g/mol. The molecular formula is C99H168O16P2. The third-order valence-electron chi connectivity index (χ3n) is 19.4. The molecule has 0 fully saturated rings. The number of phosphoric ester groups is 2. The Bertz CT molecular complexity index is 2810. The highest BCUT2D eigenvalue weighted by Crippen LogP contribution is 2.45. The average Bonchev–Trinajstić information content (AvgIpc) is 1.04. The number of phosphoric acid groups is 2. The normalized spacial score (nSPS) is 14.6. The summed E-state index contributed by atoms with van der Waals surface area (Å²) in [5.74, 6) is -1.59. The molecule has 0 aliphatic rings. The summed E-state index contributed by atoms with van der Waals surface area (Å²) < 4.78 is 61.5. The zero-order valence-corrected chi connectivity index (χ0v) is 75.6. The third-order valence-corrected chi connectivity index (χ3v) is 21.3. The number of rotatable bonds is 87. The van der Waals surface area contributed by atoms with Crippen LogP contribution in [-0.2, 0) is 55.8 Å². The number of hydrogen-bond donors (Lipinski definition) is 4. The van der Waals surface area contributed by atoms with Gasteiger partial charge in [-0.3, -0.25) is 32.5 Å². The molecule has 670 valence electrons. The number of carbonyl (C=O) groups is 3. The molecule has 0 aliphatic carbocycles. The van der Waals surface area contributed by atoms with E-state index in [2.05, 4.69) is 191 Å². The zero-order chi connectivity index (χ0) is 85.1. The van der Waals surface area contributed by atoms with E-state index < -0.39 is 91.5 Å². The molecule has 5 unspecified atom stereocenters. The van der Waals surface area contributed by atoms with Gasteiger partial charge in [-0.05, 0) is 161 Å². The van der Waals surface area contributed by atoms with Crippen molar-refractivity contribution in [1.82, 2.24) is 0 Å². The van der Waals surface area contributed by atoms with E-state index in [-0.39, 0.29) is 19.3 Å². The van der Waals surface area contributed by atoms with Crippen LogP contribution in [0.15, 0.2) is 170 Å². The highest BCUT2D eigenvalue weighted by atomic mass is 31.2. The summed E-state index contributed by atoms with van der Waals surface area (Å²) in [5.41, 5.74) is 0. The molecule has 0 amide bonds. The molecular weight excluding hydrogens is 1510 g/mol. The molecule has 4 N–H and O–H groups in total. The van der Waals surface area contributed by atoms with Crippen molar-refractivity contribution in [2.75, 3.05) is 39.6 Å². The lowest BCUT2D eigenvalue weighted by molar-refractivity contribution is -0.161. The topological polar surface area (TPSA) is 231 Å². The smallest absolute Gasteiger partial charge is 0.463 e. The number of ether oxygens (including phenoxy) is 3. The van der Waals surface area contributed by atoms with Crippen molar-refractivity contribution in [2.45, 2.75) is 399 Å². The minimum atomic E-state index is -4.95. The van der Waals surface area contributed by atoms with Gasteiger partial charge in [-0.2, -0.15) is 0 Å². The van der Waals surface area contributed by atoms with E-state index in [1.165, 1.54) is 154 Å². The SMILES string of the molecule is CC/C=C\C/C=C\C/C=C\C/C=C\C/C=C\C/C=C\CCCCCCCCC(=O)OCC(COP(=O)(O)OCC(O)COP(=O)(O)OCC(O)COC(=O)CCCCCCCCCCCCCCCCC/C=C\C/C=C\C/C=C\C/C=C\CCCCC)OC(=O)CCCCCCCCCCC/C=C\C/C=C\C/C=C\C/C=C\CCCCC. The van der Waals surface area contributed by atoms with Crippen LogP contribution in [-0.4, -0.2) is 95.9 Å². The fourth-order valence-electron chi connectivity index (χ4n) is 12.4. The van der Waals surface area contributed by atoms with Crippen LogP contribution in [0.3, 0.4) is 0 Å². The van der Waals surface area contributed by atoms with Crippen LogP contribution in [0.1, 0.15) is 380 Å². The van der Waals surface area contributed by atoms with Crippen molar-refractivity contribution in [3.63, 3.8) is 0 Å². The Labute approximate surface area is 713 Å². The van der Waals surface area contributed by atoms with E-state index >= 15 is 0 Å². The highest BCUT2D eigenvalue weighted by Gasteiger charge is 2.29. The number of hydrogen-bond acceptors (Lipinski definition) is 14. The number of aliphatic hydroxyl groups is 2. The summed E-state index contributed by atoms with van der Waals surface area (Å²) in [6.07, 6.45) is 117. The van der Waals surface area contributed by atoms with E-state index in [9.17, 15) is 43.5 Å². The number of esters is 3. The molecule has 0 heterocycles. The molecule has 0 saturated heterocycles. The molecule has 0 bridgehead atoms. The van der Waals surface area contributed by atoms with Crippen molar-refractivity contribution in [3.8, 4) is 0 Å². The molecule has 0 aromatic carbocycles. The number of unbranched alkanes of at least 4 members (excludes halogenated alkanes) is 36. The number of allylic oxidation sites excluding steroid dienone is 28. The first kappa shape index (κ1) is 112. The molecule has 0 rings (SSSR count). The Hall–Kier alpha value is -5.09. The second-order valence-electron chi connectivity index (χ2n) is 30.7. The average molecular weight is 1680 g/mol. The van der Waals surface area contributed by atoms with Gasteiger partial charge in [0, 0.05) is 19.3 Å². The van der Waals surface area contributed by atoms with Gasteiger partial charge >= 0.3 is 33.6 Å². The first-order valence-corrected chi connectivity index (χ1v) is 49.4. The molecule has 16 nitrogen and oxygen atoms in total. The van der Waals surface area contributed by atoms with Gasteiger partial charge in [-0.15, -0.1) is 0 Å². The second kappa shape index (κ2) is 90.2. The van der Waals surface area contributed by atoms with Gasteiger partial charge in [-0.25, -0.2) is 9.13 Å². The Balaban J connectivity index is 4.65. The van der Waals surface area contributed by atoms with Gasteiger partial charge in [0.25, 0.3) is 0 Å². The van der Waals surface area contributed by atoms with E-state index in [0.717, 1.165) is 167 Å². The van der Waals surface area contributed by atoms with Gasteiger partial charge in [0.05, 0.1) is 26.4 Å². The van der Waals surface area contributed by atoms with Crippen LogP contribution < -0.4 is 0 Å². The molecule has 0 aromatic heterocycles. The first-order chi connectivity index (χ1) is 57.2. The van der Waals surface area contributed by atoms with Crippen molar-refractivity contribution in [2.24, 2.45) is 0 Å². The minimum Gasteiger partial charge on any atom is -0.463 e. The van der Waals surface area contributed by atoms with Crippen molar-refractivity contribution < 1.29 is 75.8 Å². The number of aliphatic hydroxyl groups excluding tert-OH is 2. The maximum atomic E-state index is 13.1. The molecule has 0 radical (unpaired) electrons. The quantitative estimate of drug-likeness (QED) is 0.0146. The summed E-state index contributed by atoms with van der Waals surface area (Å²) in [6.45, 7) is 2.53. The van der Waals surface area contributed by atoms with Gasteiger partial charge in [0.1, 0.15) is 25.4 Å². The molecule has 5 atom stereocenters. The van der Waals surface area contributed by atoms with Crippen LogP contribution in [0.25, 0.3) is 0 Å². The number of carbonyl (C=O) groups excluding carboxylic acids is 3. The predicted molar refractivity (Wildman–Crippen MR) is 491 cm³/mol. The van der Waals surface area contributed by atoms with Gasteiger partial charge in [0.15, 0.2) is 6.10 Å². The fourth-order valence-corrected chi connectivity index (χ4v) is 14.0. The van der Waals surface area contributed by atoms with E-state index in [0.29, 0.717) is 19.3 Å². The summed E-state index contributed by atoms with van der Waals surface area (Å²) >= 11 is 0. The van der Waals surface area contributed by atoms with Crippen molar-refractivity contribution >= 4 is 33.6 Å². The molecule has 18 heteroatoms. The molecule has 0 aliphatic heterocycles. The molecule has 0 spiro atoms.